The van der Waals surface area contributed by atoms with E-state index in [9.17, 15) is 19.3 Å². The van der Waals surface area contributed by atoms with E-state index >= 15 is 0 Å². The number of Topliss-reactive ketones (excluding diaryl/α,β-unsaturated/α-hetero) is 1. The minimum absolute atomic E-state index is 0.295. The number of nitrogens with zero attached hydrogens (tertiary/aromatic N) is 3. The summed E-state index contributed by atoms with van der Waals surface area (Å²) in [5.41, 5.74) is -0.676. The SMILES string of the molecule is N#CC(C(=O)c1cc(F)ccc1[N+](=O)[O-])c1cccnc1. The third kappa shape index (κ3) is 2.90. The van der Waals surface area contributed by atoms with E-state index < -0.39 is 33.7 Å². The normalized spacial score (nSPS) is 11.4. The molecule has 0 aliphatic carbocycles. The van der Waals surface area contributed by atoms with Crippen LogP contribution < -0.4 is 0 Å². The van der Waals surface area contributed by atoms with Gasteiger partial charge in [-0.2, -0.15) is 5.26 Å². The first-order valence-corrected chi connectivity index (χ1v) is 5.82. The van der Waals surface area contributed by atoms with E-state index in [1.165, 1.54) is 24.5 Å². The molecule has 0 bridgehead atoms. The molecule has 21 heavy (non-hydrogen) atoms. The van der Waals surface area contributed by atoms with Crippen molar-refractivity contribution in [2.45, 2.75) is 5.92 Å². The maximum Gasteiger partial charge on any atom is 0.280 e. The molecule has 1 heterocycles. The molecule has 1 atom stereocenters. The highest BCUT2D eigenvalue weighted by Gasteiger charge is 2.28. The molecule has 0 N–H and O–H groups in total. The number of rotatable bonds is 4. The molecule has 1 unspecified atom stereocenters. The van der Waals surface area contributed by atoms with Crippen molar-refractivity contribution in [2.75, 3.05) is 0 Å². The maximum atomic E-state index is 13.3. The van der Waals surface area contributed by atoms with E-state index in [1.807, 2.05) is 0 Å². The van der Waals surface area contributed by atoms with Crippen LogP contribution >= 0.6 is 0 Å². The standard InChI is InChI=1S/C14H8FN3O3/c15-10-3-4-13(18(20)21)11(6-10)14(19)12(7-16)9-2-1-5-17-8-9/h1-6,8,12H. The number of halogens is 1. The number of hydrogen-bond donors (Lipinski definition) is 0. The quantitative estimate of drug-likeness (QED) is 0.488. The van der Waals surface area contributed by atoms with Gasteiger partial charge in [-0.3, -0.25) is 19.9 Å². The summed E-state index contributed by atoms with van der Waals surface area (Å²) >= 11 is 0. The number of carbonyl (C=O) groups excluding carboxylic acids is 1. The Balaban J connectivity index is 2.51. The summed E-state index contributed by atoms with van der Waals surface area (Å²) in [6.07, 6.45) is 2.78. The lowest BCUT2D eigenvalue weighted by atomic mass is 9.92. The Morgan fingerprint density at radius 1 is 1.43 bits per heavy atom. The highest BCUT2D eigenvalue weighted by atomic mass is 19.1. The third-order valence-corrected chi connectivity index (χ3v) is 2.83. The number of carbonyl (C=O) groups is 1. The van der Waals surface area contributed by atoms with Crippen molar-refractivity contribution in [2.24, 2.45) is 0 Å². The van der Waals surface area contributed by atoms with E-state index in [0.29, 0.717) is 5.56 Å². The van der Waals surface area contributed by atoms with Crippen LogP contribution in [0.4, 0.5) is 10.1 Å². The number of nitriles is 1. The van der Waals surface area contributed by atoms with Gasteiger partial charge in [0.2, 0.25) is 0 Å². The van der Waals surface area contributed by atoms with Crippen LogP contribution in [0.1, 0.15) is 21.8 Å². The molecule has 0 fully saturated rings. The Bertz CT molecular complexity index is 741. The van der Waals surface area contributed by atoms with Gasteiger partial charge in [0.25, 0.3) is 5.69 Å². The maximum absolute atomic E-state index is 13.3. The van der Waals surface area contributed by atoms with Crippen LogP contribution in [0.3, 0.4) is 0 Å². The number of nitro groups is 1. The van der Waals surface area contributed by atoms with Gasteiger partial charge in [0, 0.05) is 18.5 Å². The lowest BCUT2D eigenvalue weighted by molar-refractivity contribution is -0.385. The zero-order valence-electron chi connectivity index (χ0n) is 10.6. The van der Waals surface area contributed by atoms with E-state index in [4.69, 9.17) is 5.26 Å². The molecule has 0 saturated carbocycles. The summed E-state index contributed by atoms with van der Waals surface area (Å²) in [6, 6.07) is 7.36. The Hall–Kier alpha value is -3.14. The number of aromatic nitrogens is 1. The second kappa shape index (κ2) is 5.88. The van der Waals surface area contributed by atoms with Gasteiger partial charge < -0.3 is 0 Å². The Morgan fingerprint density at radius 2 is 2.19 bits per heavy atom. The monoisotopic (exact) mass is 285 g/mol. The summed E-state index contributed by atoms with van der Waals surface area (Å²) < 4.78 is 13.3. The van der Waals surface area contributed by atoms with Crippen molar-refractivity contribution >= 4 is 11.5 Å². The molecule has 0 saturated heterocycles. The molecule has 0 amide bonds. The summed E-state index contributed by atoms with van der Waals surface area (Å²) in [5, 5.41) is 20.1. The minimum atomic E-state index is -1.28. The topological polar surface area (TPSA) is 96.9 Å². The molecular weight excluding hydrogens is 277 g/mol. The summed E-state index contributed by atoms with van der Waals surface area (Å²) in [4.78, 5) is 26.3. The summed E-state index contributed by atoms with van der Waals surface area (Å²) in [6.45, 7) is 0. The lowest BCUT2D eigenvalue weighted by Crippen LogP contribution is -2.13. The molecule has 2 rings (SSSR count). The molecule has 0 radical (unpaired) electrons. The number of nitro benzene ring substituents is 1. The number of hydrogen-bond acceptors (Lipinski definition) is 5. The Kier molecular flexibility index (Phi) is 4.00. The van der Waals surface area contributed by atoms with E-state index in [2.05, 4.69) is 4.98 Å². The highest BCUT2D eigenvalue weighted by Crippen LogP contribution is 2.26. The molecule has 1 aromatic carbocycles. The predicted octanol–water partition coefficient (Wildman–Crippen LogP) is 2.62. The van der Waals surface area contributed by atoms with Gasteiger partial charge in [0.05, 0.1) is 16.6 Å². The van der Waals surface area contributed by atoms with Crippen molar-refractivity contribution in [1.82, 2.24) is 4.98 Å². The smallest absolute Gasteiger partial charge is 0.280 e. The molecule has 2 aromatic rings. The molecule has 0 aliphatic rings. The van der Waals surface area contributed by atoms with Crippen molar-refractivity contribution in [1.29, 1.82) is 5.26 Å². The first-order chi connectivity index (χ1) is 10.0. The number of pyridine rings is 1. The van der Waals surface area contributed by atoms with Crippen LogP contribution in [0.25, 0.3) is 0 Å². The van der Waals surface area contributed by atoms with Crippen LogP contribution in [0.2, 0.25) is 0 Å². The predicted molar refractivity (Wildman–Crippen MR) is 70.0 cm³/mol. The van der Waals surface area contributed by atoms with Crippen molar-refractivity contribution in [3.8, 4) is 6.07 Å². The molecule has 0 spiro atoms. The zero-order chi connectivity index (χ0) is 15.4. The van der Waals surface area contributed by atoms with Gasteiger partial charge in [-0.25, -0.2) is 4.39 Å². The highest BCUT2D eigenvalue weighted by molar-refractivity contribution is 6.05. The average Bonchev–Trinajstić information content (AvgIpc) is 2.48. The van der Waals surface area contributed by atoms with Gasteiger partial charge in [0.1, 0.15) is 11.7 Å². The van der Waals surface area contributed by atoms with Crippen molar-refractivity contribution < 1.29 is 14.1 Å². The first-order valence-electron chi connectivity index (χ1n) is 5.82. The van der Waals surface area contributed by atoms with Gasteiger partial charge in [-0.1, -0.05) is 6.07 Å². The van der Waals surface area contributed by atoms with E-state index in [-0.39, 0.29) is 0 Å². The van der Waals surface area contributed by atoms with Crippen molar-refractivity contribution in [3.63, 3.8) is 0 Å². The number of ketones is 1. The third-order valence-electron chi connectivity index (χ3n) is 2.83. The molecule has 0 aliphatic heterocycles. The second-order valence-corrected chi connectivity index (χ2v) is 4.13. The molecule has 7 heteroatoms. The summed E-state index contributed by atoms with van der Waals surface area (Å²) in [5.74, 6) is -2.90. The fourth-order valence-electron chi connectivity index (χ4n) is 1.85. The number of benzene rings is 1. The Morgan fingerprint density at radius 3 is 2.76 bits per heavy atom. The van der Waals surface area contributed by atoms with Crippen LogP contribution in [-0.2, 0) is 0 Å². The largest absolute Gasteiger partial charge is 0.292 e. The fourth-order valence-corrected chi connectivity index (χ4v) is 1.85. The summed E-state index contributed by atoms with van der Waals surface area (Å²) in [7, 11) is 0. The van der Waals surface area contributed by atoms with Crippen molar-refractivity contribution in [3.05, 3.63) is 69.8 Å². The van der Waals surface area contributed by atoms with E-state index in [1.54, 1.807) is 6.07 Å². The van der Waals surface area contributed by atoms with Gasteiger partial charge in [-0.15, -0.1) is 0 Å². The van der Waals surface area contributed by atoms with Crippen LogP contribution in [0, 0.1) is 27.3 Å². The van der Waals surface area contributed by atoms with Gasteiger partial charge >= 0.3 is 0 Å². The minimum Gasteiger partial charge on any atom is -0.292 e. The second-order valence-electron chi connectivity index (χ2n) is 4.13. The van der Waals surface area contributed by atoms with Crippen LogP contribution in [0.5, 0.6) is 0 Å². The first kappa shape index (κ1) is 14.3. The zero-order valence-corrected chi connectivity index (χ0v) is 10.6. The molecule has 1 aromatic heterocycles. The lowest BCUT2D eigenvalue weighted by Gasteiger charge is -2.08. The Labute approximate surface area is 118 Å². The molecule has 6 nitrogen and oxygen atoms in total. The average molecular weight is 285 g/mol. The van der Waals surface area contributed by atoms with Gasteiger partial charge in [0.15, 0.2) is 5.78 Å². The molecular formula is C14H8FN3O3. The molecule has 104 valence electrons. The van der Waals surface area contributed by atoms with Crippen LogP contribution in [0.15, 0.2) is 42.7 Å². The van der Waals surface area contributed by atoms with Crippen LogP contribution in [-0.4, -0.2) is 15.7 Å². The van der Waals surface area contributed by atoms with Gasteiger partial charge in [-0.05, 0) is 23.8 Å². The fraction of sp³-hybridized carbons (Fsp3) is 0.0714. The van der Waals surface area contributed by atoms with E-state index in [0.717, 1.165) is 18.2 Å².